The summed E-state index contributed by atoms with van der Waals surface area (Å²) in [6.07, 6.45) is 2.09. The number of rotatable bonds is 2. The van der Waals surface area contributed by atoms with Gasteiger partial charge < -0.3 is 14.7 Å². The Hall–Kier alpha value is -0.770. The fraction of sp³-hybridized carbons (Fsp3) is 0.938. The highest BCUT2D eigenvalue weighted by Crippen LogP contribution is 2.29. The van der Waals surface area contributed by atoms with Crippen LogP contribution in [0.2, 0.25) is 0 Å². The first-order valence-electron chi connectivity index (χ1n) is 7.64. The van der Waals surface area contributed by atoms with E-state index in [2.05, 4.69) is 20.8 Å². The smallest absolute Gasteiger partial charge is 0.410 e. The Morgan fingerprint density at radius 1 is 1.25 bits per heavy atom. The zero-order chi connectivity index (χ0) is 15.6. The van der Waals surface area contributed by atoms with Crippen molar-refractivity contribution in [3.05, 3.63) is 0 Å². The van der Waals surface area contributed by atoms with Crippen molar-refractivity contribution >= 4 is 6.09 Å². The van der Waals surface area contributed by atoms with Crippen LogP contribution in [0.3, 0.4) is 0 Å². The molecule has 0 aliphatic carbocycles. The van der Waals surface area contributed by atoms with Crippen LogP contribution in [0.4, 0.5) is 4.79 Å². The van der Waals surface area contributed by atoms with Gasteiger partial charge in [0.15, 0.2) is 0 Å². The van der Waals surface area contributed by atoms with Crippen molar-refractivity contribution in [1.29, 1.82) is 0 Å². The summed E-state index contributed by atoms with van der Waals surface area (Å²) < 4.78 is 5.41. The minimum Gasteiger partial charge on any atom is -0.444 e. The molecule has 118 valence electrons. The molecule has 1 saturated heterocycles. The number of ether oxygens (including phenoxy) is 1. The van der Waals surface area contributed by atoms with Crippen LogP contribution in [0, 0.1) is 11.3 Å². The Kier molecular flexibility index (Phi) is 5.47. The van der Waals surface area contributed by atoms with Gasteiger partial charge in [0.05, 0.1) is 6.10 Å². The van der Waals surface area contributed by atoms with Crippen molar-refractivity contribution < 1.29 is 14.6 Å². The minimum atomic E-state index is -0.464. The van der Waals surface area contributed by atoms with Crippen molar-refractivity contribution in [3.63, 3.8) is 0 Å². The predicted octanol–water partition coefficient (Wildman–Crippen LogP) is 3.43. The minimum absolute atomic E-state index is 0.162. The average molecular weight is 285 g/mol. The first kappa shape index (κ1) is 17.3. The zero-order valence-electron chi connectivity index (χ0n) is 13.9. The molecule has 0 aromatic heterocycles. The van der Waals surface area contributed by atoms with Gasteiger partial charge in [-0.1, -0.05) is 20.8 Å². The molecule has 0 radical (unpaired) electrons. The number of aliphatic hydroxyl groups is 1. The lowest BCUT2D eigenvalue weighted by molar-refractivity contribution is -0.0117. The van der Waals surface area contributed by atoms with E-state index in [0.717, 1.165) is 12.8 Å². The second kappa shape index (κ2) is 6.33. The van der Waals surface area contributed by atoms with Crippen molar-refractivity contribution in [3.8, 4) is 0 Å². The Bertz CT molecular complexity index is 328. The maximum atomic E-state index is 12.1. The summed E-state index contributed by atoms with van der Waals surface area (Å²) in [5, 5.41) is 10.1. The molecular formula is C16H31NO3. The molecule has 1 amide bonds. The molecule has 4 heteroatoms. The monoisotopic (exact) mass is 285 g/mol. The molecular weight excluding hydrogens is 254 g/mol. The molecule has 0 spiro atoms. The van der Waals surface area contributed by atoms with Gasteiger partial charge in [-0.25, -0.2) is 4.79 Å². The van der Waals surface area contributed by atoms with Gasteiger partial charge in [-0.15, -0.1) is 0 Å². The molecule has 20 heavy (non-hydrogen) atoms. The molecule has 4 nitrogen and oxygen atoms in total. The fourth-order valence-corrected chi connectivity index (χ4v) is 2.41. The van der Waals surface area contributed by atoms with Crippen molar-refractivity contribution in [2.75, 3.05) is 13.1 Å². The third-order valence-electron chi connectivity index (χ3n) is 3.61. The van der Waals surface area contributed by atoms with Gasteiger partial charge in [0.2, 0.25) is 0 Å². The number of amides is 1. The van der Waals surface area contributed by atoms with E-state index in [9.17, 15) is 9.90 Å². The molecule has 1 aliphatic rings. The molecule has 1 fully saturated rings. The third kappa shape index (κ3) is 6.12. The molecule has 0 aromatic carbocycles. The molecule has 1 rings (SSSR count). The van der Waals surface area contributed by atoms with E-state index in [0.29, 0.717) is 19.5 Å². The molecule has 1 aliphatic heterocycles. The number of carbonyl (C=O) groups excluding carboxylic acids is 1. The summed E-state index contributed by atoms with van der Waals surface area (Å²) >= 11 is 0. The van der Waals surface area contributed by atoms with Gasteiger partial charge in [-0.05, 0) is 45.4 Å². The maximum absolute atomic E-state index is 12.1. The largest absolute Gasteiger partial charge is 0.444 e. The van der Waals surface area contributed by atoms with Crippen LogP contribution >= 0.6 is 0 Å². The van der Waals surface area contributed by atoms with E-state index < -0.39 is 5.60 Å². The van der Waals surface area contributed by atoms with Crippen LogP contribution in [0.15, 0.2) is 0 Å². The molecule has 0 aromatic rings. The first-order valence-corrected chi connectivity index (χ1v) is 7.64. The van der Waals surface area contributed by atoms with Crippen molar-refractivity contribution in [2.24, 2.45) is 11.3 Å². The lowest BCUT2D eigenvalue weighted by Crippen LogP contribution is -2.47. The fourth-order valence-electron chi connectivity index (χ4n) is 2.41. The third-order valence-corrected chi connectivity index (χ3v) is 3.61. The highest BCUT2D eigenvalue weighted by Gasteiger charge is 2.32. The summed E-state index contributed by atoms with van der Waals surface area (Å²) in [5.74, 6) is 0.162. The zero-order valence-corrected chi connectivity index (χ0v) is 13.9. The van der Waals surface area contributed by atoms with Crippen LogP contribution in [0.5, 0.6) is 0 Å². The second-order valence-corrected chi connectivity index (χ2v) is 8.14. The van der Waals surface area contributed by atoms with Crippen LogP contribution < -0.4 is 0 Å². The number of hydrogen-bond donors (Lipinski definition) is 1. The average Bonchev–Trinajstić information content (AvgIpc) is 2.24. The molecule has 2 unspecified atom stereocenters. The summed E-state index contributed by atoms with van der Waals surface area (Å²) in [6, 6.07) is 0. The van der Waals surface area contributed by atoms with E-state index in [4.69, 9.17) is 4.74 Å². The van der Waals surface area contributed by atoms with Gasteiger partial charge in [0.25, 0.3) is 0 Å². The lowest BCUT2D eigenvalue weighted by Gasteiger charge is -2.37. The molecule has 1 heterocycles. The van der Waals surface area contributed by atoms with E-state index >= 15 is 0 Å². The molecule has 2 atom stereocenters. The second-order valence-electron chi connectivity index (χ2n) is 8.14. The van der Waals surface area contributed by atoms with Crippen molar-refractivity contribution in [2.45, 2.75) is 72.5 Å². The van der Waals surface area contributed by atoms with E-state index in [1.54, 1.807) is 4.90 Å². The number of likely N-dealkylation sites (tertiary alicyclic amines) is 1. The lowest BCUT2D eigenvalue weighted by atomic mass is 9.83. The standard InChI is InChI=1S/C16H31NO3/c1-15(2,3)9-7-12-11-17(10-8-13(12)18)14(19)20-16(4,5)6/h12-13,18H,7-11H2,1-6H3. The van der Waals surface area contributed by atoms with Crippen LogP contribution in [-0.4, -0.2) is 40.9 Å². The Morgan fingerprint density at radius 3 is 2.35 bits per heavy atom. The quantitative estimate of drug-likeness (QED) is 0.845. The Balaban J connectivity index is 2.55. The van der Waals surface area contributed by atoms with Gasteiger partial charge in [-0.3, -0.25) is 0 Å². The number of hydrogen-bond acceptors (Lipinski definition) is 3. The maximum Gasteiger partial charge on any atom is 0.410 e. The highest BCUT2D eigenvalue weighted by molar-refractivity contribution is 5.68. The van der Waals surface area contributed by atoms with Crippen molar-refractivity contribution in [1.82, 2.24) is 4.90 Å². The number of nitrogens with zero attached hydrogens (tertiary/aromatic N) is 1. The van der Waals surface area contributed by atoms with Crippen LogP contribution in [0.25, 0.3) is 0 Å². The van der Waals surface area contributed by atoms with E-state index in [-0.39, 0.29) is 23.5 Å². The van der Waals surface area contributed by atoms with Crippen LogP contribution in [0.1, 0.15) is 60.8 Å². The van der Waals surface area contributed by atoms with Gasteiger partial charge >= 0.3 is 6.09 Å². The summed E-state index contributed by atoms with van der Waals surface area (Å²) in [6.45, 7) is 13.4. The predicted molar refractivity (Wildman–Crippen MR) is 80.6 cm³/mol. The number of carbonyl (C=O) groups is 1. The number of aliphatic hydroxyl groups excluding tert-OH is 1. The van der Waals surface area contributed by atoms with Gasteiger partial charge in [0, 0.05) is 19.0 Å². The molecule has 0 bridgehead atoms. The Morgan fingerprint density at radius 2 is 1.85 bits per heavy atom. The molecule has 0 saturated carbocycles. The summed E-state index contributed by atoms with van der Waals surface area (Å²) in [5.41, 5.74) is -0.206. The van der Waals surface area contributed by atoms with E-state index in [1.165, 1.54) is 0 Å². The topological polar surface area (TPSA) is 49.8 Å². The van der Waals surface area contributed by atoms with E-state index in [1.807, 2.05) is 20.8 Å². The molecule has 1 N–H and O–H groups in total. The summed E-state index contributed by atoms with van der Waals surface area (Å²) in [7, 11) is 0. The van der Waals surface area contributed by atoms with Gasteiger partial charge in [0.1, 0.15) is 5.60 Å². The normalized spacial score (nSPS) is 24.6. The SMILES string of the molecule is CC(C)(C)CCC1CN(C(=O)OC(C)(C)C)CCC1O. The van der Waals surface area contributed by atoms with Crippen LogP contribution in [-0.2, 0) is 4.74 Å². The highest BCUT2D eigenvalue weighted by atomic mass is 16.6. The van der Waals surface area contributed by atoms with Gasteiger partial charge in [-0.2, -0.15) is 0 Å². The Labute approximate surface area is 123 Å². The first-order chi connectivity index (χ1) is 8.98. The number of piperidine rings is 1. The summed E-state index contributed by atoms with van der Waals surface area (Å²) in [4.78, 5) is 13.8.